The molecule has 0 spiro atoms. The van der Waals surface area contributed by atoms with E-state index in [0.29, 0.717) is 0 Å². The van der Waals surface area contributed by atoms with Crippen LogP contribution in [0.1, 0.15) is 20.8 Å². The van der Waals surface area contributed by atoms with Crippen molar-refractivity contribution in [2.24, 2.45) is 0 Å². The highest BCUT2D eigenvalue weighted by molar-refractivity contribution is 5.87. The Morgan fingerprint density at radius 2 is 2.00 bits per heavy atom. The van der Waals surface area contributed by atoms with Crippen molar-refractivity contribution in [3.05, 3.63) is 12.7 Å². The van der Waals surface area contributed by atoms with Crippen LogP contribution in [0.3, 0.4) is 0 Å². The summed E-state index contributed by atoms with van der Waals surface area (Å²) >= 11 is 0. The molecule has 1 amide bonds. The van der Waals surface area contributed by atoms with Gasteiger partial charge in [0.25, 0.3) is 0 Å². The Kier molecular flexibility index (Phi) is 9.29. The van der Waals surface area contributed by atoms with Crippen LogP contribution in [0.25, 0.3) is 0 Å². The van der Waals surface area contributed by atoms with Crippen LogP contribution in [-0.4, -0.2) is 30.1 Å². The molecule has 0 saturated heterocycles. The van der Waals surface area contributed by atoms with Crippen molar-refractivity contribution in [3.63, 3.8) is 0 Å². The van der Waals surface area contributed by atoms with E-state index in [9.17, 15) is 4.79 Å². The molecule has 1 unspecified atom stereocenters. The van der Waals surface area contributed by atoms with E-state index in [4.69, 9.17) is 0 Å². The van der Waals surface area contributed by atoms with Gasteiger partial charge in [-0.3, -0.25) is 9.69 Å². The highest BCUT2D eigenvalue weighted by atomic mass is 35.5. The summed E-state index contributed by atoms with van der Waals surface area (Å²) in [7, 11) is 0. The summed E-state index contributed by atoms with van der Waals surface area (Å²) < 4.78 is 0. The van der Waals surface area contributed by atoms with Crippen LogP contribution < -0.4 is 5.32 Å². The second-order valence-corrected chi connectivity index (χ2v) is 2.61. The summed E-state index contributed by atoms with van der Waals surface area (Å²) in [4.78, 5) is 13.1. The molecule has 0 bridgehead atoms. The molecule has 1 N–H and O–H groups in total. The molecule has 0 aromatic carbocycles. The SMILES string of the molecule is C=CC(=O)NC(C)N(CC)CC.Cl. The Labute approximate surface area is 86.6 Å². The van der Waals surface area contributed by atoms with Crippen molar-refractivity contribution < 1.29 is 4.79 Å². The molecular weight excluding hydrogens is 188 g/mol. The summed E-state index contributed by atoms with van der Waals surface area (Å²) in [5, 5.41) is 2.80. The Balaban J connectivity index is 0. The first-order valence-corrected chi connectivity index (χ1v) is 4.32. The molecular formula is C9H19ClN2O. The summed E-state index contributed by atoms with van der Waals surface area (Å²) in [6, 6.07) is 0. The van der Waals surface area contributed by atoms with E-state index < -0.39 is 0 Å². The molecule has 1 atom stereocenters. The van der Waals surface area contributed by atoms with Crippen LogP contribution in [0.15, 0.2) is 12.7 Å². The molecule has 0 aromatic heterocycles. The lowest BCUT2D eigenvalue weighted by Crippen LogP contribution is -2.45. The van der Waals surface area contributed by atoms with Crippen LogP contribution in [0.4, 0.5) is 0 Å². The molecule has 0 aromatic rings. The lowest BCUT2D eigenvalue weighted by Gasteiger charge is -2.26. The normalized spacial score (nSPS) is 11.7. The third-order valence-electron chi connectivity index (χ3n) is 1.90. The van der Waals surface area contributed by atoms with Crippen molar-refractivity contribution in [2.45, 2.75) is 26.9 Å². The van der Waals surface area contributed by atoms with E-state index in [0.717, 1.165) is 13.1 Å². The molecule has 0 aliphatic rings. The predicted octanol–water partition coefficient (Wildman–Crippen LogP) is 1.40. The van der Waals surface area contributed by atoms with E-state index in [1.165, 1.54) is 6.08 Å². The van der Waals surface area contributed by atoms with Crippen molar-refractivity contribution in [1.82, 2.24) is 10.2 Å². The zero-order valence-electron chi connectivity index (χ0n) is 8.54. The maximum atomic E-state index is 10.9. The van der Waals surface area contributed by atoms with Gasteiger partial charge in [0.05, 0.1) is 6.17 Å². The van der Waals surface area contributed by atoms with Crippen LogP contribution in [0.2, 0.25) is 0 Å². The van der Waals surface area contributed by atoms with Gasteiger partial charge in [0, 0.05) is 0 Å². The van der Waals surface area contributed by atoms with Crippen LogP contribution >= 0.6 is 12.4 Å². The zero-order chi connectivity index (χ0) is 9.56. The summed E-state index contributed by atoms with van der Waals surface area (Å²) in [6.45, 7) is 11.4. The smallest absolute Gasteiger partial charge is 0.244 e. The summed E-state index contributed by atoms with van der Waals surface area (Å²) in [5.74, 6) is -0.116. The van der Waals surface area contributed by atoms with Crippen LogP contribution in [0.5, 0.6) is 0 Å². The van der Waals surface area contributed by atoms with E-state index in [1.807, 2.05) is 6.92 Å². The van der Waals surface area contributed by atoms with Gasteiger partial charge in [-0.15, -0.1) is 12.4 Å². The number of nitrogens with one attached hydrogen (secondary N) is 1. The highest BCUT2D eigenvalue weighted by Crippen LogP contribution is 1.93. The van der Waals surface area contributed by atoms with Gasteiger partial charge in [0.1, 0.15) is 0 Å². The maximum Gasteiger partial charge on any atom is 0.244 e. The second kappa shape index (κ2) is 8.08. The lowest BCUT2D eigenvalue weighted by atomic mass is 10.4. The average molecular weight is 207 g/mol. The van der Waals surface area contributed by atoms with Gasteiger partial charge in [-0.1, -0.05) is 20.4 Å². The third-order valence-corrected chi connectivity index (χ3v) is 1.90. The first kappa shape index (κ1) is 15.0. The molecule has 0 saturated carbocycles. The van der Waals surface area contributed by atoms with Crippen molar-refractivity contribution in [1.29, 1.82) is 0 Å². The number of halogens is 1. The van der Waals surface area contributed by atoms with Crippen molar-refractivity contribution in [2.75, 3.05) is 13.1 Å². The second-order valence-electron chi connectivity index (χ2n) is 2.61. The molecule has 4 heteroatoms. The monoisotopic (exact) mass is 206 g/mol. The van der Waals surface area contributed by atoms with Crippen LogP contribution in [-0.2, 0) is 4.79 Å². The first-order chi connectivity index (χ1) is 5.65. The Hall–Kier alpha value is -0.540. The maximum absolute atomic E-state index is 10.9. The number of hydrogen-bond donors (Lipinski definition) is 1. The van der Waals surface area contributed by atoms with Crippen molar-refractivity contribution in [3.8, 4) is 0 Å². The number of carbonyl (C=O) groups excluding carboxylic acids is 1. The Bertz CT molecular complexity index is 158. The van der Waals surface area contributed by atoms with Gasteiger partial charge < -0.3 is 5.32 Å². The molecule has 0 aliphatic carbocycles. The van der Waals surface area contributed by atoms with Gasteiger partial charge in [-0.05, 0) is 26.1 Å². The minimum absolute atomic E-state index is 0. The minimum Gasteiger partial charge on any atom is -0.337 e. The van der Waals surface area contributed by atoms with Gasteiger partial charge in [-0.25, -0.2) is 0 Å². The number of amides is 1. The zero-order valence-corrected chi connectivity index (χ0v) is 9.36. The van der Waals surface area contributed by atoms with E-state index >= 15 is 0 Å². The van der Waals surface area contributed by atoms with E-state index in [1.54, 1.807) is 0 Å². The fourth-order valence-electron chi connectivity index (χ4n) is 1.13. The lowest BCUT2D eigenvalue weighted by molar-refractivity contribution is -0.118. The van der Waals surface area contributed by atoms with E-state index in [-0.39, 0.29) is 24.5 Å². The largest absolute Gasteiger partial charge is 0.337 e. The number of hydrogen-bond acceptors (Lipinski definition) is 2. The van der Waals surface area contributed by atoms with Gasteiger partial charge in [0.2, 0.25) is 5.91 Å². The van der Waals surface area contributed by atoms with Gasteiger partial charge in [0.15, 0.2) is 0 Å². The summed E-state index contributed by atoms with van der Waals surface area (Å²) in [6.07, 6.45) is 1.38. The third kappa shape index (κ3) is 5.66. The molecule has 0 rings (SSSR count). The molecule has 0 fully saturated rings. The molecule has 78 valence electrons. The quantitative estimate of drug-likeness (QED) is 0.545. The van der Waals surface area contributed by atoms with Crippen molar-refractivity contribution >= 4 is 18.3 Å². The predicted molar refractivity (Wildman–Crippen MR) is 58.0 cm³/mol. The number of nitrogens with zero attached hydrogens (tertiary/aromatic N) is 1. The van der Waals surface area contributed by atoms with Crippen LogP contribution in [0, 0.1) is 0 Å². The first-order valence-electron chi connectivity index (χ1n) is 4.32. The van der Waals surface area contributed by atoms with Gasteiger partial charge >= 0.3 is 0 Å². The van der Waals surface area contributed by atoms with E-state index in [2.05, 4.69) is 30.6 Å². The average Bonchev–Trinajstić information content (AvgIpc) is 2.06. The molecule has 0 radical (unpaired) electrons. The topological polar surface area (TPSA) is 32.3 Å². The van der Waals surface area contributed by atoms with Gasteiger partial charge in [-0.2, -0.15) is 0 Å². The number of carbonyl (C=O) groups is 1. The highest BCUT2D eigenvalue weighted by Gasteiger charge is 2.09. The fourth-order valence-corrected chi connectivity index (χ4v) is 1.13. The standard InChI is InChI=1S/C9H18N2O.ClH/c1-5-9(12)10-8(4)11(6-2)7-3;/h5,8H,1,6-7H2,2-4H3,(H,10,12);1H. The Morgan fingerprint density at radius 3 is 2.31 bits per heavy atom. The summed E-state index contributed by atoms with van der Waals surface area (Å²) in [5.41, 5.74) is 0. The number of rotatable bonds is 5. The molecule has 0 heterocycles. The Morgan fingerprint density at radius 1 is 1.54 bits per heavy atom. The molecule has 13 heavy (non-hydrogen) atoms. The minimum atomic E-state index is -0.116. The molecule has 0 aliphatic heterocycles. The fraction of sp³-hybridized carbons (Fsp3) is 0.667. The molecule has 3 nitrogen and oxygen atoms in total.